The van der Waals surface area contributed by atoms with Crippen molar-refractivity contribution in [2.75, 3.05) is 0 Å². The van der Waals surface area contributed by atoms with Gasteiger partial charge in [-0.1, -0.05) is 48.5 Å². The van der Waals surface area contributed by atoms with Gasteiger partial charge in [-0.15, -0.1) is 0 Å². The number of para-hydroxylation sites is 2. The number of nitrogens with zero attached hydrogens (tertiary/aromatic N) is 2. The fourth-order valence-corrected chi connectivity index (χ4v) is 2.36. The van der Waals surface area contributed by atoms with Crippen LogP contribution in [0.5, 0.6) is 0 Å². The van der Waals surface area contributed by atoms with Gasteiger partial charge in [0.1, 0.15) is 0 Å². The van der Waals surface area contributed by atoms with E-state index in [2.05, 4.69) is 9.97 Å². The second kappa shape index (κ2) is 12.7. The van der Waals surface area contributed by atoms with Crippen LogP contribution in [0.4, 0.5) is 0 Å². The number of hydrogen-bond acceptors (Lipinski definition) is 6. The standard InChI is InChI=1S/2C10H7NO2.2Na.H2O/c2*12-10(13)9-6-5-7-3-1-2-4-8(7)11-9;;;/h2*1-6H,(H,12,13);;;1H2/q;;2*+1;/p-2. The predicted molar refractivity (Wildman–Crippen MR) is 95.8 cm³/mol. The van der Waals surface area contributed by atoms with Gasteiger partial charge < -0.3 is 25.3 Å². The van der Waals surface area contributed by atoms with E-state index in [9.17, 15) is 19.8 Å². The summed E-state index contributed by atoms with van der Waals surface area (Å²) in [5, 5.41) is 22.8. The molecule has 29 heavy (non-hydrogen) atoms. The molecule has 0 fully saturated rings. The van der Waals surface area contributed by atoms with Crippen molar-refractivity contribution in [2.24, 2.45) is 0 Å². The first-order chi connectivity index (χ1) is 12.5. The molecule has 0 aliphatic heterocycles. The monoisotopic (exact) mass is 408 g/mol. The van der Waals surface area contributed by atoms with Crippen molar-refractivity contribution in [1.29, 1.82) is 0 Å². The van der Waals surface area contributed by atoms with Gasteiger partial charge in [0, 0.05) is 10.8 Å². The van der Waals surface area contributed by atoms with E-state index in [-0.39, 0.29) is 76.0 Å². The van der Waals surface area contributed by atoms with Gasteiger partial charge in [0.2, 0.25) is 0 Å². The Balaban J connectivity index is 0.000000490. The van der Waals surface area contributed by atoms with Crippen molar-refractivity contribution in [3.05, 3.63) is 84.2 Å². The van der Waals surface area contributed by atoms with Crippen molar-refractivity contribution < 1.29 is 84.4 Å². The molecule has 2 N–H and O–H groups in total. The molecule has 0 unspecified atom stereocenters. The van der Waals surface area contributed by atoms with Crippen LogP contribution in [-0.2, 0) is 0 Å². The molecular formula is C20H14N2Na2O5. The zero-order valence-corrected chi connectivity index (χ0v) is 20.0. The molecule has 2 heterocycles. The van der Waals surface area contributed by atoms with E-state index in [0.29, 0.717) is 11.0 Å². The minimum Gasteiger partial charge on any atom is -0.543 e. The molecule has 4 rings (SSSR count). The van der Waals surface area contributed by atoms with Gasteiger partial charge in [0.25, 0.3) is 0 Å². The van der Waals surface area contributed by atoms with Crippen LogP contribution in [0.25, 0.3) is 21.8 Å². The Labute approximate surface area is 210 Å². The zero-order chi connectivity index (χ0) is 18.5. The van der Waals surface area contributed by atoms with E-state index >= 15 is 0 Å². The first kappa shape index (κ1) is 27.2. The van der Waals surface area contributed by atoms with E-state index in [1.54, 1.807) is 24.3 Å². The fourth-order valence-electron chi connectivity index (χ4n) is 2.36. The second-order valence-electron chi connectivity index (χ2n) is 5.35. The smallest absolute Gasteiger partial charge is 0.543 e. The van der Waals surface area contributed by atoms with E-state index in [0.717, 1.165) is 10.8 Å². The van der Waals surface area contributed by atoms with Crippen molar-refractivity contribution in [3.8, 4) is 0 Å². The van der Waals surface area contributed by atoms with Crippen LogP contribution in [-0.4, -0.2) is 27.4 Å². The van der Waals surface area contributed by atoms with Crippen LogP contribution in [0.3, 0.4) is 0 Å². The Morgan fingerprint density at radius 3 is 1.28 bits per heavy atom. The quantitative estimate of drug-likeness (QED) is 0.303. The third-order valence-electron chi connectivity index (χ3n) is 3.62. The van der Waals surface area contributed by atoms with Gasteiger partial charge in [0.05, 0.1) is 34.4 Å². The zero-order valence-electron chi connectivity index (χ0n) is 16.0. The molecule has 0 aliphatic carbocycles. The number of aromatic carboxylic acids is 2. The summed E-state index contributed by atoms with van der Waals surface area (Å²) < 4.78 is 0. The summed E-state index contributed by atoms with van der Waals surface area (Å²) >= 11 is 0. The van der Waals surface area contributed by atoms with E-state index in [1.165, 1.54) is 12.1 Å². The third kappa shape index (κ3) is 7.17. The van der Waals surface area contributed by atoms with Crippen LogP contribution in [0.15, 0.2) is 72.8 Å². The molecule has 136 valence electrons. The van der Waals surface area contributed by atoms with Crippen molar-refractivity contribution >= 4 is 33.7 Å². The summed E-state index contributed by atoms with van der Waals surface area (Å²) in [5.74, 6) is -2.49. The summed E-state index contributed by atoms with van der Waals surface area (Å²) in [6.07, 6.45) is 0. The minimum atomic E-state index is -1.24. The molecule has 0 spiro atoms. The third-order valence-corrected chi connectivity index (χ3v) is 3.62. The van der Waals surface area contributed by atoms with Gasteiger partial charge in [-0.3, -0.25) is 0 Å². The van der Waals surface area contributed by atoms with E-state index in [1.807, 2.05) is 36.4 Å². The van der Waals surface area contributed by atoms with Crippen molar-refractivity contribution in [1.82, 2.24) is 9.97 Å². The summed E-state index contributed by atoms with van der Waals surface area (Å²) in [4.78, 5) is 28.8. The fraction of sp³-hybridized carbons (Fsp3) is 0. The van der Waals surface area contributed by atoms with E-state index in [4.69, 9.17) is 0 Å². The van der Waals surface area contributed by atoms with Gasteiger partial charge in [-0.2, -0.15) is 0 Å². The summed E-state index contributed by atoms with van der Waals surface area (Å²) in [7, 11) is 0. The van der Waals surface area contributed by atoms with E-state index < -0.39 is 11.9 Å². The van der Waals surface area contributed by atoms with Crippen LogP contribution >= 0.6 is 0 Å². The average Bonchev–Trinajstić information content (AvgIpc) is 2.67. The molecule has 9 heteroatoms. The van der Waals surface area contributed by atoms with Crippen LogP contribution in [0.1, 0.15) is 21.0 Å². The van der Waals surface area contributed by atoms with Gasteiger partial charge in [-0.05, 0) is 24.3 Å². The molecule has 4 aromatic rings. The second-order valence-corrected chi connectivity index (χ2v) is 5.35. The molecule has 7 nitrogen and oxygen atoms in total. The number of carbonyl (C=O) groups is 2. The Bertz CT molecular complexity index is 1030. The first-order valence-electron chi connectivity index (χ1n) is 7.69. The summed E-state index contributed by atoms with van der Waals surface area (Å²) in [6.45, 7) is 0. The predicted octanol–water partition coefficient (Wildman–Crippen LogP) is -5.62. The van der Waals surface area contributed by atoms with Crippen LogP contribution < -0.4 is 69.3 Å². The molecule has 0 amide bonds. The maximum Gasteiger partial charge on any atom is 1.00 e. The topological polar surface area (TPSA) is 138 Å². The molecular weight excluding hydrogens is 394 g/mol. The largest absolute Gasteiger partial charge is 1.00 e. The first-order valence-corrected chi connectivity index (χ1v) is 7.69. The average molecular weight is 408 g/mol. The van der Waals surface area contributed by atoms with Crippen molar-refractivity contribution in [2.45, 2.75) is 0 Å². The van der Waals surface area contributed by atoms with Gasteiger partial charge in [-0.25, -0.2) is 9.97 Å². The summed E-state index contributed by atoms with van der Waals surface area (Å²) in [5.41, 5.74) is 1.28. The number of carboxylic acids is 2. The summed E-state index contributed by atoms with van der Waals surface area (Å²) in [6, 6.07) is 21.0. The maximum atomic E-state index is 10.5. The number of rotatable bonds is 2. The Morgan fingerprint density at radius 2 is 0.931 bits per heavy atom. The molecule has 0 saturated carbocycles. The van der Waals surface area contributed by atoms with Gasteiger partial charge >= 0.3 is 59.1 Å². The molecule has 0 radical (unpaired) electrons. The molecule has 0 saturated heterocycles. The van der Waals surface area contributed by atoms with Gasteiger partial charge in [0.15, 0.2) is 0 Å². The number of fused-ring (bicyclic) bond motifs is 2. The number of aromatic nitrogens is 2. The maximum absolute atomic E-state index is 10.5. The molecule has 0 aliphatic rings. The molecule has 2 aromatic carbocycles. The number of pyridine rings is 2. The molecule has 0 atom stereocenters. The normalized spacial score (nSPS) is 9.10. The number of carboxylic acid groups (broad SMARTS) is 2. The minimum absolute atomic E-state index is 0. The number of benzene rings is 2. The number of carbonyl (C=O) groups excluding carboxylic acids is 2. The molecule has 0 bridgehead atoms. The Morgan fingerprint density at radius 1 is 0.586 bits per heavy atom. The SMILES string of the molecule is O.O=C([O-])c1ccc2ccccc2n1.O=C([O-])c1ccc2ccccc2n1.[Na+].[Na+]. The van der Waals surface area contributed by atoms with Crippen LogP contribution in [0, 0.1) is 0 Å². The number of hydrogen-bond donors (Lipinski definition) is 0. The van der Waals surface area contributed by atoms with Crippen LogP contribution in [0.2, 0.25) is 0 Å². The molecule has 2 aromatic heterocycles. The Hall–Kier alpha value is -1.84. The van der Waals surface area contributed by atoms with Crippen molar-refractivity contribution in [3.63, 3.8) is 0 Å². The Kier molecular flexibility index (Phi) is 11.9.